The molecule has 0 saturated heterocycles. The Labute approximate surface area is 208 Å². The van der Waals surface area contributed by atoms with Crippen LogP contribution >= 0.6 is 11.6 Å². The first-order valence-corrected chi connectivity index (χ1v) is 13.7. The molecule has 0 aliphatic heterocycles. The van der Waals surface area contributed by atoms with Crippen molar-refractivity contribution >= 4 is 39.1 Å². The lowest BCUT2D eigenvalue weighted by Gasteiger charge is -2.31. The molecule has 0 aliphatic carbocycles. The van der Waals surface area contributed by atoms with E-state index in [9.17, 15) is 18.0 Å². The topological polar surface area (TPSA) is 86.8 Å². The fraction of sp³-hybridized carbons (Fsp3) is 0.440. The molecule has 1 N–H and O–H groups in total. The summed E-state index contributed by atoms with van der Waals surface area (Å²) in [6.07, 6.45) is 2.85. The van der Waals surface area contributed by atoms with Gasteiger partial charge < -0.3 is 10.2 Å². The number of amides is 2. The molecule has 186 valence electrons. The smallest absolute Gasteiger partial charge is 0.242 e. The van der Waals surface area contributed by atoms with Crippen molar-refractivity contribution in [1.82, 2.24) is 10.2 Å². The number of benzene rings is 2. The van der Waals surface area contributed by atoms with Crippen molar-refractivity contribution in [3.63, 3.8) is 0 Å². The quantitative estimate of drug-likeness (QED) is 0.439. The lowest BCUT2D eigenvalue weighted by atomic mass is 10.1. The van der Waals surface area contributed by atoms with E-state index >= 15 is 0 Å². The van der Waals surface area contributed by atoms with Gasteiger partial charge in [0, 0.05) is 31.1 Å². The number of hydrogen-bond acceptors (Lipinski definition) is 4. The molecule has 7 nitrogen and oxygen atoms in total. The van der Waals surface area contributed by atoms with E-state index in [1.165, 1.54) is 4.31 Å². The van der Waals surface area contributed by atoms with Gasteiger partial charge in [0.05, 0.1) is 11.9 Å². The highest BCUT2D eigenvalue weighted by atomic mass is 35.5. The monoisotopic (exact) mass is 507 g/mol. The summed E-state index contributed by atoms with van der Waals surface area (Å²) in [5.74, 6) is -0.362. The van der Waals surface area contributed by atoms with Gasteiger partial charge in [0.15, 0.2) is 0 Å². The van der Waals surface area contributed by atoms with Crippen LogP contribution in [0.4, 0.5) is 5.69 Å². The van der Waals surface area contributed by atoms with Crippen LogP contribution in [0.2, 0.25) is 5.02 Å². The summed E-state index contributed by atoms with van der Waals surface area (Å²) in [6, 6.07) is 15.5. The molecule has 0 aliphatic rings. The lowest BCUT2D eigenvalue weighted by molar-refractivity contribution is -0.141. The summed E-state index contributed by atoms with van der Waals surface area (Å²) in [4.78, 5) is 27.7. The van der Waals surface area contributed by atoms with Crippen molar-refractivity contribution in [3.8, 4) is 0 Å². The van der Waals surface area contributed by atoms with Crippen LogP contribution in [0.15, 0.2) is 54.6 Å². The van der Waals surface area contributed by atoms with Crippen LogP contribution in [0, 0.1) is 0 Å². The summed E-state index contributed by atoms with van der Waals surface area (Å²) in [7, 11) is -3.54. The normalized spacial score (nSPS) is 12.1. The minimum Gasteiger partial charge on any atom is -0.354 e. The Balaban J connectivity index is 2.16. The van der Waals surface area contributed by atoms with E-state index in [0.717, 1.165) is 18.2 Å². The van der Waals surface area contributed by atoms with E-state index in [-0.39, 0.29) is 24.8 Å². The van der Waals surface area contributed by atoms with Crippen LogP contribution in [0.3, 0.4) is 0 Å². The highest BCUT2D eigenvalue weighted by molar-refractivity contribution is 7.92. The van der Waals surface area contributed by atoms with Gasteiger partial charge >= 0.3 is 0 Å². The van der Waals surface area contributed by atoms with Crippen LogP contribution in [-0.2, 0) is 26.2 Å². The van der Waals surface area contributed by atoms with Crippen molar-refractivity contribution in [3.05, 3.63) is 65.2 Å². The third-order valence-electron chi connectivity index (χ3n) is 5.40. The van der Waals surface area contributed by atoms with E-state index in [4.69, 9.17) is 11.6 Å². The zero-order valence-corrected chi connectivity index (χ0v) is 21.6. The Morgan fingerprint density at radius 3 is 2.24 bits per heavy atom. The molecular formula is C25H34ClN3O4S. The molecule has 2 aromatic carbocycles. The molecule has 0 radical (unpaired) electrons. The molecule has 1 atom stereocenters. The van der Waals surface area contributed by atoms with E-state index < -0.39 is 16.1 Å². The zero-order chi connectivity index (χ0) is 25.1. The first-order valence-electron chi connectivity index (χ1n) is 11.5. The molecule has 2 amide bonds. The third kappa shape index (κ3) is 8.33. The molecule has 0 unspecified atom stereocenters. The van der Waals surface area contributed by atoms with Crippen LogP contribution in [0.1, 0.15) is 45.1 Å². The summed E-state index contributed by atoms with van der Waals surface area (Å²) >= 11 is 5.93. The van der Waals surface area contributed by atoms with Gasteiger partial charge in [0.25, 0.3) is 0 Å². The third-order valence-corrected chi connectivity index (χ3v) is 6.84. The molecule has 34 heavy (non-hydrogen) atoms. The highest BCUT2D eigenvalue weighted by Gasteiger charge is 2.28. The fourth-order valence-electron chi connectivity index (χ4n) is 3.68. The Morgan fingerprint density at radius 2 is 1.68 bits per heavy atom. The second-order valence-electron chi connectivity index (χ2n) is 8.14. The van der Waals surface area contributed by atoms with E-state index in [1.54, 1.807) is 29.2 Å². The molecule has 0 fully saturated rings. The minimum absolute atomic E-state index is 0.115. The fourth-order valence-corrected chi connectivity index (χ4v) is 4.77. The van der Waals surface area contributed by atoms with Crippen LogP contribution in [0.25, 0.3) is 0 Å². The van der Waals surface area contributed by atoms with Crippen molar-refractivity contribution in [2.24, 2.45) is 0 Å². The standard InChI is InChI=1S/C25H34ClN3O4S/c1-4-17-27-25(31)23(5-2)28(19-20-10-7-6-8-11-20)24(30)12-9-18-29(34(3,32)33)22-15-13-21(26)14-16-22/h6-8,10-11,13-16,23H,4-5,9,12,17-19H2,1-3H3,(H,27,31)/t23-/m1/s1. The number of hydrogen-bond donors (Lipinski definition) is 1. The maximum absolute atomic E-state index is 13.3. The second-order valence-corrected chi connectivity index (χ2v) is 10.5. The Hall–Kier alpha value is -2.58. The molecule has 0 spiro atoms. The first-order chi connectivity index (χ1) is 16.2. The number of halogens is 1. The molecular weight excluding hydrogens is 474 g/mol. The van der Waals surface area contributed by atoms with Crippen molar-refractivity contribution in [1.29, 1.82) is 0 Å². The molecule has 2 aromatic rings. The van der Waals surface area contributed by atoms with Gasteiger partial charge in [-0.15, -0.1) is 0 Å². The number of carbonyl (C=O) groups excluding carboxylic acids is 2. The Morgan fingerprint density at radius 1 is 1.03 bits per heavy atom. The number of rotatable bonds is 13. The van der Waals surface area contributed by atoms with Gasteiger partial charge in [0.2, 0.25) is 21.8 Å². The van der Waals surface area contributed by atoms with E-state index in [2.05, 4.69) is 5.32 Å². The van der Waals surface area contributed by atoms with Gasteiger partial charge in [-0.05, 0) is 49.1 Å². The number of anilines is 1. The molecule has 0 aromatic heterocycles. The number of carbonyl (C=O) groups is 2. The maximum atomic E-state index is 13.3. The number of nitrogens with one attached hydrogen (secondary N) is 1. The Bertz CT molecular complexity index is 1030. The predicted molar refractivity (Wildman–Crippen MR) is 137 cm³/mol. The van der Waals surface area contributed by atoms with Gasteiger partial charge in [0.1, 0.15) is 6.04 Å². The first kappa shape index (κ1) is 27.7. The second kappa shape index (κ2) is 13.3. The van der Waals surface area contributed by atoms with Gasteiger partial charge in [-0.1, -0.05) is 55.8 Å². The van der Waals surface area contributed by atoms with Crippen LogP contribution < -0.4 is 9.62 Å². The van der Waals surface area contributed by atoms with Crippen LogP contribution in [0.5, 0.6) is 0 Å². The average molecular weight is 508 g/mol. The molecule has 0 heterocycles. The largest absolute Gasteiger partial charge is 0.354 e. The summed E-state index contributed by atoms with van der Waals surface area (Å²) in [5, 5.41) is 3.40. The average Bonchev–Trinajstić information content (AvgIpc) is 2.81. The zero-order valence-electron chi connectivity index (χ0n) is 20.0. The molecule has 9 heteroatoms. The number of sulfonamides is 1. The minimum atomic E-state index is -3.54. The summed E-state index contributed by atoms with van der Waals surface area (Å²) < 4.78 is 26.0. The van der Waals surface area contributed by atoms with Gasteiger partial charge in [-0.2, -0.15) is 0 Å². The number of nitrogens with zero attached hydrogens (tertiary/aromatic N) is 2. The van der Waals surface area contributed by atoms with Crippen molar-refractivity contribution in [2.45, 2.75) is 52.1 Å². The lowest BCUT2D eigenvalue weighted by Crippen LogP contribution is -2.49. The summed E-state index contributed by atoms with van der Waals surface area (Å²) in [6.45, 7) is 4.86. The maximum Gasteiger partial charge on any atom is 0.242 e. The molecule has 2 rings (SSSR count). The highest BCUT2D eigenvalue weighted by Crippen LogP contribution is 2.21. The van der Waals surface area contributed by atoms with Crippen molar-refractivity contribution in [2.75, 3.05) is 23.7 Å². The SMILES string of the molecule is CCCNC(=O)[C@@H](CC)N(Cc1ccccc1)C(=O)CCCN(c1ccc(Cl)cc1)S(C)(=O)=O. The van der Waals surface area contributed by atoms with E-state index in [0.29, 0.717) is 36.6 Å². The Kier molecular flexibility index (Phi) is 10.9. The molecule has 0 saturated carbocycles. The van der Waals surface area contributed by atoms with Gasteiger partial charge in [-0.3, -0.25) is 13.9 Å². The van der Waals surface area contributed by atoms with Crippen molar-refractivity contribution < 1.29 is 18.0 Å². The van der Waals surface area contributed by atoms with E-state index in [1.807, 2.05) is 44.2 Å². The summed E-state index contributed by atoms with van der Waals surface area (Å²) in [5.41, 5.74) is 1.42. The predicted octanol–water partition coefficient (Wildman–Crippen LogP) is 4.22. The van der Waals surface area contributed by atoms with Crippen LogP contribution in [-0.4, -0.2) is 50.5 Å². The molecule has 0 bridgehead atoms. The van der Waals surface area contributed by atoms with Gasteiger partial charge in [-0.25, -0.2) is 8.42 Å².